The second kappa shape index (κ2) is 6.09. The van der Waals surface area contributed by atoms with Crippen LogP contribution in [-0.2, 0) is 9.59 Å². The summed E-state index contributed by atoms with van der Waals surface area (Å²) < 4.78 is 0. The highest BCUT2D eigenvalue weighted by atomic mass is 32.1. The molecule has 1 fully saturated rings. The average molecular weight is 306 g/mol. The fourth-order valence-corrected chi connectivity index (χ4v) is 2.42. The molecular formula is C14H14N2O4S. The van der Waals surface area contributed by atoms with Crippen LogP contribution in [-0.4, -0.2) is 42.0 Å². The summed E-state index contributed by atoms with van der Waals surface area (Å²) in [6, 6.07) is 3.87. The van der Waals surface area contributed by atoms with Crippen LogP contribution in [0.25, 0.3) is 0 Å². The molecule has 1 N–H and O–H groups in total. The van der Waals surface area contributed by atoms with Crippen LogP contribution >= 0.6 is 12.6 Å². The Morgan fingerprint density at radius 2 is 2.14 bits per heavy atom. The van der Waals surface area contributed by atoms with Gasteiger partial charge in [0, 0.05) is 23.9 Å². The standard InChI is InChI=1S/C14H14N2O4S/c1-16(11-4-5-12(18)15-13(11)19)14(20)10-6-9(21)3-2-8(10)7-17/h2-3,6-7,11,21H,4-5H2,1H3,(H,15,18,19). The number of likely N-dealkylation sites (N-methyl/N-ethyl adjacent to an activating group) is 1. The smallest absolute Gasteiger partial charge is 0.255 e. The highest BCUT2D eigenvalue weighted by Gasteiger charge is 2.33. The summed E-state index contributed by atoms with van der Waals surface area (Å²) in [4.78, 5) is 48.2. The lowest BCUT2D eigenvalue weighted by Crippen LogP contribution is -2.53. The van der Waals surface area contributed by atoms with E-state index < -0.39 is 17.9 Å². The van der Waals surface area contributed by atoms with E-state index in [4.69, 9.17) is 0 Å². The highest BCUT2D eigenvalue weighted by molar-refractivity contribution is 7.80. The molecule has 1 aromatic rings. The highest BCUT2D eigenvalue weighted by Crippen LogP contribution is 2.18. The minimum atomic E-state index is -0.724. The third-order valence-electron chi connectivity index (χ3n) is 3.39. The van der Waals surface area contributed by atoms with Crippen molar-refractivity contribution in [3.8, 4) is 0 Å². The van der Waals surface area contributed by atoms with Crippen LogP contribution in [0.15, 0.2) is 23.1 Å². The van der Waals surface area contributed by atoms with Gasteiger partial charge in [0.25, 0.3) is 5.91 Å². The number of rotatable bonds is 3. The maximum atomic E-state index is 12.5. The molecule has 3 amide bonds. The summed E-state index contributed by atoms with van der Waals surface area (Å²) in [6.07, 6.45) is 1.03. The molecule has 21 heavy (non-hydrogen) atoms. The third kappa shape index (κ3) is 3.13. The molecule has 6 nitrogen and oxygen atoms in total. The van der Waals surface area contributed by atoms with E-state index in [9.17, 15) is 19.2 Å². The molecule has 1 saturated heterocycles. The molecule has 1 unspecified atom stereocenters. The lowest BCUT2D eigenvalue weighted by atomic mass is 10.0. The maximum Gasteiger partial charge on any atom is 0.255 e. The monoisotopic (exact) mass is 306 g/mol. The van der Waals surface area contributed by atoms with Crippen LogP contribution in [0.4, 0.5) is 0 Å². The number of thiol groups is 1. The van der Waals surface area contributed by atoms with Crippen molar-refractivity contribution < 1.29 is 19.2 Å². The van der Waals surface area contributed by atoms with Gasteiger partial charge in [-0.25, -0.2) is 0 Å². The van der Waals surface area contributed by atoms with Crippen molar-refractivity contribution in [2.45, 2.75) is 23.8 Å². The first-order valence-electron chi connectivity index (χ1n) is 6.33. The van der Waals surface area contributed by atoms with E-state index in [0.717, 1.165) is 0 Å². The van der Waals surface area contributed by atoms with E-state index in [2.05, 4.69) is 17.9 Å². The van der Waals surface area contributed by atoms with Crippen molar-refractivity contribution in [2.24, 2.45) is 0 Å². The second-order valence-electron chi connectivity index (χ2n) is 4.77. The van der Waals surface area contributed by atoms with Crippen LogP contribution in [0.1, 0.15) is 33.6 Å². The lowest BCUT2D eigenvalue weighted by Gasteiger charge is -2.30. The van der Waals surface area contributed by atoms with E-state index in [1.165, 1.54) is 24.1 Å². The number of carbonyl (C=O) groups is 4. The minimum Gasteiger partial charge on any atom is -0.330 e. The molecule has 0 bridgehead atoms. The molecule has 1 aliphatic heterocycles. The van der Waals surface area contributed by atoms with Gasteiger partial charge >= 0.3 is 0 Å². The predicted octanol–water partition coefficient (Wildman–Crippen LogP) is 0.665. The Morgan fingerprint density at radius 3 is 2.76 bits per heavy atom. The number of hydrogen-bond donors (Lipinski definition) is 2. The Labute approximate surface area is 126 Å². The van der Waals surface area contributed by atoms with Gasteiger partial charge in [-0.1, -0.05) is 0 Å². The number of benzene rings is 1. The molecule has 2 rings (SSSR count). The van der Waals surface area contributed by atoms with Gasteiger partial charge in [-0.2, -0.15) is 0 Å². The fraction of sp³-hybridized carbons (Fsp3) is 0.286. The molecule has 7 heteroatoms. The average Bonchev–Trinajstić information content (AvgIpc) is 2.45. The Hall–Kier alpha value is -2.15. The summed E-state index contributed by atoms with van der Waals surface area (Å²) >= 11 is 4.15. The molecule has 0 radical (unpaired) electrons. The summed E-state index contributed by atoms with van der Waals surface area (Å²) in [5.41, 5.74) is 0.418. The van der Waals surface area contributed by atoms with E-state index >= 15 is 0 Å². The van der Waals surface area contributed by atoms with Crippen LogP contribution < -0.4 is 5.32 Å². The van der Waals surface area contributed by atoms with Gasteiger partial charge in [0.05, 0.1) is 5.56 Å². The largest absolute Gasteiger partial charge is 0.330 e. The van der Waals surface area contributed by atoms with Gasteiger partial charge in [0.2, 0.25) is 11.8 Å². The zero-order valence-electron chi connectivity index (χ0n) is 11.3. The molecule has 1 aromatic carbocycles. The number of carbonyl (C=O) groups excluding carboxylic acids is 4. The van der Waals surface area contributed by atoms with Gasteiger partial charge in [-0.05, 0) is 24.6 Å². The first kappa shape index (κ1) is 15.2. The van der Waals surface area contributed by atoms with E-state index in [0.29, 0.717) is 11.2 Å². The predicted molar refractivity (Wildman–Crippen MR) is 77.3 cm³/mol. The zero-order chi connectivity index (χ0) is 15.6. The SMILES string of the molecule is CN(C(=O)c1cc(S)ccc1C=O)C1CCC(=O)NC1=O. The first-order chi connectivity index (χ1) is 9.93. The molecule has 110 valence electrons. The number of hydrogen-bond acceptors (Lipinski definition) is 5. The molecule has 1 heterocycles. The third-order valence-corrected chi connectivity index (χ3v) is 3.67. The second-order valence-corrected chi connectivity index (χ2v) is 5.29. The van der Waals surface area contributed by atoms with E-state index in [1.54, 1.807) is 6.07 Å². The number of nitrogens with one attached hydrogen (secondary N) is 1. The van der Waals surface area contributed by atoms with Crippen LogP contribution in [0.2, 0.25) is 0 Å². The first-order valence-corrected chi connectivity index (χ1v) is 6.78. The Morgan fingerprint density at radius 1 is 1.43 bits per heavy atom. The van der Waals surface area contributed by atoms with Crippen LogP contribution in [0.3, 0.4) is 0 Å². The quantitative estimate of drug-likeness (QED) is 0.488. The van der Waals surface area contributed by atoms with Crippen molar-refractivity contribution in [1.82, 2.24) is 10.2 Å². The number of aldehydes is 1. The Bertz CT molecular complexity index is 629. The van der Waals surface area contributed by atoms with Crippen molar-refractivity contribution in [3.63, 3.8) is 0 Å². The summed E-state index contributed by atoms with van der Waals surface area (Å²) in [5, 5.41) is 2.20. The van der Waals surface area contributed by atoms with Gasteiger partial charge < -0.3 is 4.90 Å². The number of amides is 3. The molecule has 1 atom stereocenters. The minimum absolute atomic E-state index is 0.182. The molecule has 1 aliphatic rings. The molecule has 0 spiro atoms. The lowest BCUT2D eigenvalue weighted by molar-refractivity contribution is -0.136. The van der Waals surface area contributed by atoms with Crippen LogP contribution in [0.5, 0.6) is 0 Å². The van der Waals surface area contributed by atoms with Crippen LogP contribution in [0, 0.1) is 0 Å². The fourth-order valence-electron chi connectivity index (χ4n) is 2.22. The zero-order valence-corrected chi connectivity index (χ0v) is 12.2. The van der Waals surface area contributed by atoms with Gasteiger partial charge in [-0.15, -0.1) is 12.6 Å². The van der Waals surface area contributed by atoms with Gasteiger partial charge in [-0.3, -0.25) is 24.5 Å². The molecule has 0 aliphatic carbocycles. The van der Waals surface area contributed by atoms with Crippen molar-refractivity contribution in [1.29, 1.82) is 0 Å². The number of imide groups is 1. The molecule has 0 saturated carbocycles. The molecular weight excluding hydrogens is 292 g/mol. The topological polar surface area (TPSA) is 83.6 Å². The summed E-state index contributed by atoms with van der Waals surface area (Å²) in [5.74, 6) is -1.30. The van der Waals surface area contributed by atoms with Gasteiger partial charge in [0.15, 0.2) is 6.29 Å². The van der Waals surface area contributed by atoms with Crippen molar-refractivity contribution in [3.05, 3.63) is 29.3 Å². The van der Waals surface area contributed by atoms with E-state index in [-0.39, 0.29) is 29.9 Å². The van der Waals surface area contributed by atoms with Crippen molar-refractivity contribution >= 4 is 36.6 Å². The Balaban J connectivity index is 2.27. The number of nitrogens with zero attached hydrogens (tertiary/aromatic N) is 1. The summed E-state index contributed by atoms with van der Waals surface area (Å²) in [6.45, 7) is 0. The Kier molecular flexibility index (Phi) is 4.42. The molecule has 0 aromatic heterocycles. The summed E-state index contributed by atoms with van der Waals surface area (Å²) in [7, 11) is 1.47. The van der Waals surface area contributed by atoms with Crippen molar-refractivity contribution in [2.75, 3.05) is 7.05 Å². The van der Waals surface area contributed by atoms with E-state index in [1.807, 2.05) is 0 Å². The number of piperidine rings is 1. The maximum absolute atomic E-state index is 12.5. The van der Waals surface area contributed by atoms with Gasteiger partial charge in [0.1, 0.15) is 6.04 Å². The normalized spacial score (nSPS) is 18.1.